The van der Waals surface area contributed by atoms with Gasteiger partial charge < -0.3 is 10.5 Å². The molecule has 1 saturated carbocycles. The fourth-order valence-electron chi connectivity index (χ4n) is 2.10. The van der Waals surface area contributed by atoms with Crippen LogP contribution in [0.4, 0.5) is 0 Å². The molecule has 4 N–H and O–H groups in total. The van der Waals surface area contributed by atoms with Gasteiger partial charge in [0, 0.05) is 13.2 Å². The number of sulfonamides is 1. The third-order valence-electron chi connectivity index (χ3n) is 3.33. The third kappa shape index (κ3) is 3.17. The van der Waals surface area contributed by atoms with E-state index in [0.717, 1.165) is 12.8 Å². The molecule has 0 spiro atoms. The molecule has 2 aliphatic rings. The topological polar surface area (TPSA) is 105 Å². The lowest BCUT2D eigenvalue weighted by Gasteiger charge is -2.25. The summed E-state index contributed by atoms with van der Waals surface area (Å²) in [4.78, 5) is 0. The van der Waals surface area contributed by atoms with Crippen molar-refractivity contribution in [3.8, 4) is 0 Å². The van der Waals surface area contributed by atoms with Crippen LogP contribution in [0.5, 0.6) is 0 Å². The van der Waals surface area contributed by atoms with Gasteiger partial charge in [0.15, 0.2) is 0 Å². The molecule has 1 heterocycles. The number of hydrogen-bond acceptors (Lipinski definition) is 4. The van der Waals surface area contributed by atoms with E-state index in [1.165, 1.54) is 0 Å². The van der Waals surface area contributed by atoms with Gasteiger partial charge in [-0.15, -0.1) is 0 Å². The van der Waals surface area contributed by atoms with Gasteiger partial charge in [-0.2, -0.15) is 0 Å². The zero-order valence-electron chi connectivity index (χ0n) is 9.69. The Balaban J connectivity index is 2.01. The molecule has 0 aromatic rings. The lowest BCUT2D eigenvalue weighted by molar-refractivity contribution is 0.0981. The molecule has 0 radical (unpaired) electrons. The van der Waals surface area contributed by atoms with E-state index >= 15 is 0 Å². The molecule has 2 rings (SSSR count). The van der Waals surface area contributed by atoms with E-state index in [2.05, 4.69) is 4.72 Å². The van der Waals surface area contributed by atoms with Gasteiger partial charge in [0.1, 0.15) is 5.84 Å². The molecule has 0 amide bonds. The largest absolute Gasteiger partial charge is 0.386 e. The van der Waals surface area contributed by atoms with Crippen molar-refractivity contribution in [1.82, 2.24) is 4.72 Å². The molecule has 0 bridgehead atoms. The maximum absolute atomic E-state index is 12.1. The molecule has 17 heavy (non-hydrogen) atoms. The van der Waals surface area contributed by atoms with Crippen LogP contribution >= 0.6 is 0 Å². The SMILES string of the molecule is N=C(N)C(NS(=O)(=O)C1CCOCC1)C1CC1. The van der Waals surface area contributed by atoms with E-state index in [4.69, 9.17) is 15.9 Å². The zero-order chi connectivity index (χ0) is 12.5. The van der Waals surface area contributed by atoms with E-state index in [-0.39, 0.29) is 11.8 Å². The van der Waals surface area contributed by atoms with Crippen molar-refractivity contribution in [1.29, 1.82) is 5.41 Å². The Kier molecular flexibility index (Phi) is 3.70. The molecular weight excluding hydrogens is 242 g/mol. The van der Waals surface area contributed by atoms with Crippen LogP contribution in [-0.4, -0.2) is 38.8 Å². The fraction of sp³-hybridized carbons (Fsp3) is 0.900. The van der Waals surface area contributed by atoms with Crippen LogP contribution in [0.25, 0.3) is 0 Å². The van der Waals surface area contributed by atoms with Crippen molar-refractivity contribution in [2.45, 2.75) is 37.0 Å². The molecule has 0 aromatic carbocycles. The van der Waals surface area contributed by atoms with Gasteiger partial charge in [0.25, 0.3) is 0 Å². The van der Waals surface area contributed by atoms with Crippen molar-refractivity contribution >= 4 is 15.9 Å². The van der Waals surface area contributed by atoms with Crippen molar-refractivity contribution < 1.29 is 13.2 Å². The Morgan fingerprint density at radius 1 is 1.29 bits per heavy atom. The number of ether oxygens (including phenoxy) is 1. The molecule has 1 saturated heterocycles. The van der Waals surface area contributed by atoms with E-state index in [0.29, 0.717) is 26.1 Å². The monoisotopic (exact) mass is 261 g/mol. The molecule has 7 heteroatoms. The fourth-order valence-corrected chi connectivity index (χ4v) is 3.78. The van der Waals surface area contributed by atoms with Crippen LogP contribution in [-0.2, 0) is 14.8 Å². The highest BCUT2D eigenvalue weighted by atomic mass is 32.2. The number of rotatable bonds is 5. The summed E-state index contributed by atoms with van der Waals surface area (Å²) in [6.07, 6.45) is 2.93. The first-order valence-corrected chi connectivity index (χ1v) is 7.48. The number of amidine groups is 1. The minimum Gasteiger partial charge on any atom is -0.386 e. The molecule has 1 atom stereocenters. The summed E-state index contributed by atoms with van der Waals surface area (Å²) in [5.41, 5.74) is 5.45. The standard InChI is InChI=1S/C10H19N3O3S/c11-10(12)9(7-1-2-7)13-17(14,15)8-3-5-16-6-4-8/h7-9,13H,1-6H2,(H3,11,12). The summed E-state index contributed by atoms with van der Waals surface area (Å²) in [5.74, 6) is 0.130. The minimum absolute atomic E-state index is 0.0804. The average molecular weight is 261 g/mol. The highest BCUT2D eigenvalue weighted by Gasteiger charge is 2.38. The van der Waals surface area contributed by atoms with Gasteiger partial charge in [-0.05, 0) is 31.6 Å². The van der Waals surface area contributed by atoms with Gasteiger partial charge in [-0.3, -0.25) is 5.41 Å². The molecule has 1 aliphatic heterocycles. The first-order valence-electron chi connectivity index (χ1n) is 5.93. The van der Waals surface area contributed by atoms with Crippen molar-refractivity contribution in [3.63, 3.8) is 0 Å². The molecule has 1 aliphatic carbocycles. The molecule has 0 aromatic heterocycles. The second kappa shape index (κ2) is 4.91. The Labute approximate surface area is 101 Å². The van der Waals surface area contributed by atoms with Crippen LogP contribution in [0, 0.1) is 11.3 Å². The predicted molar refractivity (Wildman–Crippen MR) is 64.3 cm³/mol. The molecule has 98 valence electrons. The van der Waals surface area contributed by atoms with E-state index in [1.807, 2.05) is 0 Å². The van der Waals surface area contributed by atoms with Crippen LogP contribution in [0.2, 0.25) is 0 Å². The third-order valence-corrected chi connectivity index (χ3v) is 5.26. The summed E-state index contributed by atoms with van der Waals surface area (Å²) in [5, 5.41) is 7.04. The zero-order valence-corrected chi connectivity index (χ0v) is 10.5. The van der Waals surface area contributed by atoms with Crippen molar-refractivity contribution in [2.75, 3.05) is 13.2 Å². The van der Waals surface area contributed by atoms with Gasteiger partial charge in [-0.25, -0.2) is 13.1 Å². The summed E-state index contributed by atoms with van der Waals surface area (Å²) in [6.45, 7) is 0.972. The number of nitrogens with one attached hydrogen (secondary N) is 2. The first kappa shape index (κ1) is 12.8. The maximum Gasteiger partial charge on any atom is 0.215 e. The van der Waals surface area contributed by atoms with Crippen molar-refractivity contribution in [2.24, 2.45) is 11.7 Å². The van der Waals surface area contributed by atoms with E-state index in [1.54, 1.807) is 0 Å². The lowest BCUT2D eigenvalue weighted by atomic mass is 10.2. The van der Waals surface area contributed by atoms with Gasteiger partial charge >= 0.3 is 0 Å². The Morgan fingerprint density at radius 2 is 1.88 bits per heavy atom. The summed E-state index contributed by atoms with van der Waals surface area (Å²) in [7, 11) is -3.38. The smallest absolute Gasteiger partial charge is 0.215 e. The first-order chi connectivity index (χ1) is 8.00. The highest BCUT2D eigenvalue weighted by molar-refractivity contribution is 7.90. The summed E-state index contributed by atoms with van der Waals surface area (Å²) in [6, 6.07) is -0.511. The van der Waals surface area contributed by atoms with Crippen molar-refractivity contribution in [3.05, 3.63) is 0 Å². The Bertz CT molecular complexity index is 386. The molecule has 1 unspecified atom stereocenters. The highest BCUT2D eigenvalue weighted by Crippen LogP contribution is 2.33. The normalized spacial score (nSPS) is 24.5. The van der Waals surface area contributed by atoms with Crippen LogP contribution < -0.4 is 10.5 Å². The maximum atomic E-state index is 12.1. The molecule has 2 fully saturated rings. The van der Waals surface area contributed by atoms with Gasteiger partial charge in [0.2, 0.25) is 10.0 Å². The summed E-state index contributed by atoms with van der Waals surface area (Å²) < 4.78 is 32.0. The number of hydrogen-bond donors (Lipinski definition) is 3. The van der Waals surface area contributed by atoms with Crippen LogP contribution in [0.15, 0.2) is 0 Å². The van der Waals surface area contributed by atoms with Gasteiger partial charge in [0.05, 0.1) is 11.3 Å². The van der Waals surface area contributed by atoms with E-state index in [9.17, 15) is 8.42 Å². The van der Waals surface area contributed by atoms with Gasteiger partial charge in [-0.1, -0.05) is 0 Å². The Morgan fingerprint density at radius 3 is 2.35 bits per heavy atom. The Hall–Kier alpha value is -0.660. The molecular formula is C10H19N3O3S. The van der Waals surface area contributed by atoms with E-state index < -0.39 is 21.3 Å². The minimum atomic E-state index is -3.38. The number of nitrogens with two attached hydrogens (primary N) is 1. The predicted octanol–water partition coefficient (Wildman–Crippen LogP) is -0.201. The average Bonchev–Trinajstić information content (AvgIpc) is 3.11. The van der Waals surface area contributed by atoms with Crippen LogP contribution in [0.3, 0.4) is 0 Å². The lowest BCUT2D eigenvalue weighted by Crippen LogP contribution is -2.49. The summed E-state index contributed by atoms with van der Waals surface area (Å²) >= 11 is 0. The quantitative estimate of drug-likeness (QED) is 0.470. The van der Waals surface area contributed by atoms with Crippen LogP contribution in [0.1, 0.15) is 25.7 Å². The second-order valence-corrected chi connectivity index (χ2v) is 6.74. The second-order valence-electron chi connectivity index (χ2n) is 4.75. The molecule has 6 nitrogen and oxygen atoms in total.